The highest BCUT2D eigenvalue weighted by Gasteiger charge is 2.21. The van der Waals surface area contributed by atoms with Gasteiger partial charge in [-0.3, -0.25) is 4.72 Å². The van der Waals surface area contributed by atoms with Crippen molar-refractivity contribution >= 4 is 38.9 Å². The smallest absolute Gasteiger partial charge is 0.274 e. The van der Waals surface area contributed by atoms with Crippen LogP contribution in [0.1, 0.15) is 5.56 Å². The van der Waals surface area contributed by atoms with Crippen LogP contribution in [-0.4, -0.2) is 23.6 Å². The number of aromatic amines is 1. The van der Waals surface area contributed by atoms with E-state index >= 15 is 0 Å². The van der Waals surface area contributed by atoms with Crippen LogP contribution in [0.2, 0.25) is 10.0 Å². The Hall–Kier alpha value is -1.31. The van der Waals surface area contributed by atoms with Crippen molar-refractivity contribution in [3.05, 3.63) is 34.1 Å². The van der Waals surface area contributed by atoms with Gasteiger partial charge < -0.3 is 0 Å². The maximum atomic E-state index is 11.9. The molecule has 18 heavy (non-hydrogen) atoms. The number of aromatic nitrogens is 3. The molecule has 0 atom stereocenters. The standard InChI is InChI=1S/C9H8Cl2N4O2S/c1-5-2-3-6(10)8(7(5)11)15-18(16,17)9-12-4-13-14-9/h2-4,15H,1H3,(H,12,13,14). The minimum Gasteiger partial charge on any atom is -0.274 e. The Bertz CT molecular complexity index is 670. The van der Waals surface area contributed by atoms with Crippen LogP contribution in [0.25, 0.3) is 0 Å². The van der Waals surface area contributed by atoms with E-state index in [0.717, 1.165) is 6.33 Å². The molecule has 2 N–H and O–H groups in total. The molecule has 1 aromatic carbocycles. The lowest BCUT2D eigenvalue weighted by Gasteiger charge is -2.10. The Balaban J connectivity index is 2.45. The van der Waals surface area contributed by atoms with Crippen LogP contribution in [0.5, 0.6) is 0 Å². The number of nitrogens with zero attached hydrogens (tertiary/aromatic N) is 2. The number of aryl methyl sites for hydroxylation is 1. The number of hydrogen-bond acceptors (Lipinski definition) is 4. The molecule has 0 aliphatic rings. The lowest BCUT2D eigenvalue weighted by atomic mass is 10.2. The first-order valence-electron chi connectivity index (χ1n) is 4.74. The summed E-state index contributed by atoms with van der Waals surface area (Å²) in [5, 5.41) is 5.86. The number of rotatable bonds is 3. The third kappa shape index (κ3) is 2.43. The molecule has 0 unspecified atom stereocenters. The largest absolute Gasteiger partial charge is 0.297 e. The van der Waals surface area contributed by atoms with E-state index in [-0.39, 0.29) is 20.9 Å². The molecule has 0 aliphatic carbocycles. The maximum Gasteiger partial charge on any atom is 0.297 e. The van der Waals surface area contributed by atoms with Crippen molar-refractivity contribution in [3.63, 3.8) is 0 Å². The molecule has 96 valence electrons. The summed E-state index contributed by atoms with van der Waals surface area (Å²) in [6.45, 7) is 1.74. The Morgan fingerprint density at radius 2 is 2.06 bits per heavy atom. The number of halogens is 2. The highest BCUT2D eigenvalue weighted by Crippen LogP contribution is 2.34. The number of benzene rings is 1. The molecule has 2 rings (SSSR count). The zero-order chi connectivity index (χ0) is 13.3. The van der Waals surface area contributed by atoms with Crippen LogP contribution in [0.3, 0.4) is 0 Å². The summed E-state index contributed by atoms with van der Waals surface area (Å²) < 4.78 is 26.1. The predicted octanol–water partition coefficient (Wildman–Crippen LogP) is 2.22. The summed E-state index contributed by atoms with van der Waals surface area (Å²) >= 11 is 11.9. The second-order valence-electron chi connectivity index (χ2n) is 3.45. The van der Waals surface area contributed by atoms with E-state index in [1.807, 2.05) is 0 Å². The fraction of sp³-hybridized carbons (Fsp3) is 0.111. The van der Waals surface area contributed by atoms with Gasteiger partial charge in [-0.25, -0.2) is 10.1 Å². The third-order valence-electron chi connectivity index (χ3n) is 2.17. The van der Waals surface area contributed by atoms with Crippen molar-refractivity contribution in [1.29, 1.82) is 0 Å². The van der Waals surface area contributed by atoms with E-state index in [0.29, 0.717) is 5.56 Å². The molecule has 0 amide bonds. The van der Waals surface area contributed by atoms with E-state index < -0.39 is 10.0 Å². The van der Waals surface area contributed by atoms with E-state index in [4.69, 9.17) is 23.2 Å². The highest BCUT2D eigenvalue weighted by atomic mass is 35.5. The number of anilines is 1. The van der Waals surface area contributed by atoms with Crippen LogP contribution >= 0.6 is 23.2 Å². The van der Waals surface area contributed by atoms with Gasteiger partial charge in [-0.2, -0.15) is 13.5 Å². The number of H-pyrrole nitrogens is 1. The SMILES string of the molecule is Cc1ccc(Cl)c(NS(=O)(=O)c2ncn[nH]2)c1Cl. The predicted molar refractivity (Wildman–Crippen MR) is 68.4 cm³/mol. The van der Waals surface area contributed by atoms with E-state index in [1.54, 1.807) is 19.1 Å². The number of hydrogen-bond donors (Lipinski definition) is 2. The lowest BCUT2D eigenvalue weighted by Crippen LogP contribution is -2.15. The van der Waals surface area contributed by atoms with Gasteiger partial charge in [0.15, 0.2) is 0 Å². The van der Waals surface area contributed by atoms with Gasteiger partial charge in [-0.05, 0) is 18.6 Å². The molecule has 0 aliphatic heterocycles. The molecular formula is C9H8Cl2N4O2S. The second-order valence-corrected chi connectivity index (χ2v) is 5.83. The quantitative estimate of drug-likeness (QED) is 0.910. The van der Waals surface area contributed by atoms with Crippen molar-refractivity contribution in [2.75, 3.05) is 4.72 Å². The first kappa shape index (κ1) is 13.1. The van der Waals surface area contributed by atoms with E-state index in [2.05, 4.69) is 19.9 Å². The van der Waals surface area contributed by atoms with Crippen molar-refractivity contribution in [3.8, 4) is 0 Å². The molecule has 9 heteroatoms. The molecule has 0 bridgehead atoms. The molecular weight excluding hydrogens is 299 g/mol. The fourth-order valence-electron chi connectivity index (χ4n) is 1.26. The van der Waals surface area contributed by atoms with Gasteiger partial charge in [-0.1, -0.05) is 29.3 Å². The van der Waals surface area contributed by atoms with Crippen LogP contribution in [-0.2, 0) is 10.0 Å². The van der Waals surface area contributed by atoms with Crippen molar-refractivity contribution in [1.82, 2.24) is 15.2 Å². The maximum absolute atomic E-state index is 11.9. The zero-order valence-electron chi connectivity index (χ0n) is 9.11. The normalized spacial score (nSPS) is 11.5. The molecule has 2 aromatic rings. The summed E-state index contributed by atoms with van der Waals surface area (Å²) in [5.74, 6) is 0. The van der Waals surface area contributed by atoms with Crippen molar-refractivity contribution in [2.45, 2.75) is 12.1 Å². The van der Waals surface area contributed by atoms with Gasteiger partial charge in [0.1, 0.15) is 6.33 Å². The van der Waals surface area contributed by atoms with Gasteiger partial charge in [0.2, 0.25) is 0 Å². The Morgan fingerprint density at radius 1 is 1.33 bits per heavy atom. The number of nitrogens with one attached hydrogen (secondary N) is 2. The average molecular weight is 307 g/mol. The summed E-state index contributed by atoms with van der Waals surface area (Å²) in [6, 6.07) is 3.25. The molecule has 6 nitrogen and oxygen atoms in total. The van der Waals surface area contributed by atoms with Crippen LogP contribution in [0, 0.1) is 6.92 Å². The van der Waals surface area contributed by atoms with Crippen molar-refractivity contribution in [2.24, 2.45) is 0 Å². The van der Waals surface area contributed by atoms with Crippen LogP contribution < -0.4 is 4.72 Å². The van der Waals surface area contributed by atoms with Crippen molar-refractivity contribution < 1.29 is 8.42 Å². The zero-order valence-corrected chi connectivity index (χ0v) is 11.4. The van der Waals surface area contributed by atoms with Gasteiger partial charge in [0, 0.05) is 0 Å². The molecule has 0 spiro atoms. The molecule has 1 heterocycles. The summed E-state index contributed by atoms with van der Waals surface area (Å²) in [7, 11) is -3.88. The fourth-order valence-corrected chi connectivity index (χ4v) is 2.77. The van der Waals surface area contributed by atoms with Gasteiger partial charge in [0.05, 0.1) is 15.7 Å². The molecule has 1 aromatic heterocycles. The lowest BCUT2D eigenvalue weighted by molar-refractivity contribution is 0.593. The third-order valence-corrected chi connectivity index (χ3v) is 4.15. The Morgan fingerprint density at radius 3 is 2.67 bits per heavy atom. The van der Waals surface area contributed by atoms with E-state index in [9.17, 15) is 8.42 Å². The van der Waals surface area contributed by atoms with Crippen LogP contribution in [0.4, 0.5) is 5.69 Å². The molecule has 0 saturated heterocycles. The minimum absolute atomic E-state index is 0.120. The first-order valence-corrected chi connectivity index (χ1v) is 6.98. The first-order chi connectivity index (χ1) is 8.42. The van der Waals surface area contributed by atoms with Gasteiger partial charge >= 0.3 is 0 Å². The van der Waals surface area contributed by atoms with Gasteiger partial charge in [-0.15, -0.1) is 0 Å². The topological polar surface area (TPSA) is 87.7 Å². The molecule has 0 radical (unpaired) electrons. The Labute approximate surface area is 113 Å². The second kappa shape index (κ2) is 4.75. The molecule has 0 fully saturated rings. The average Bonchev–Trinajstić information content (AvgIpc) is 2.84. The molecule has 0 saturated carbocycles. The van der Waals surface area contributed by atoms with E-state index in [1.165, 1.54) is 0 Å². The minimum atomic E-state index is -3.88. The summed E-state index contributed by atoms with van der Waals surface area (Å²) in [4.78, 5) is 3.56. The monoisotopic (exact) mass is 306 g/mol. The van der Waals surface area contributed by atoms with Crippen LogP contribution in [0.15, 0.2) is 23.6 Å². The Kier molecular flexibility index (Phi) is 3.47. The van der Waals surface area contributed by atoms with Gasteiger partial charge in [0.25, 0.3) is 15.2 Å². The number of sulfonamides is 1. The summed E-state index contributed by atoms with van der Waals surface area (Å²) in [6.07, 6.45) is 1.09. The summed E-state index contributed by atoms with van der Waals surface area (Å²) in [5.41, 5.74) is 0.825. The highest BCUT2D eigenvalue weighted by molar-refractivity contribution is 7.92.